The number of aromatic nitrogens is 1. The Balaban J connectivity index is 1.78. The molecule has 0 aliphatic heterocycles. The fraction of sp³-hybridized carbons (Fsp3) is 0. The van der Waals surface area contributed by atoms with Crippen molar-refractivity contribution in [1.82, 2.24) is 4.98 Å². The third-order valence-electron chi connectivity index (χ3n) is 2.58. The Morgan fingerprint density at radius 2 is 1.47 bits per heavy atom. The molecule has 0 fully saturated rings. The lowest BCUT2D eigenvalue weighted by atomic mass is 10.2. The normalized spacial score (nSPS) is 10.9. The minimum atomic E-state index is 0.837. The molecular formula is C15H11N3S. The highest BCUT2D eigenvalue weighted by atomic mass is 32.1. The maximum absolute atomic E-state index is 4.27. The van der Waals surface area contributed by atoms with E-state index in [9.17, 15) is 0 Å². The Labute approximate surface area is 115 Å². The van der Waals surface area contributed by atoms with Gasteiger partial charge in [0.2, 0.25) is 0 Å². The standard InChI is InChI=1S/C15H11N3S/c1-2-4-13(5-3-1)17-18-14-8-6-12(7-9-14)15-16-10-11-19-15/h1-11H. The summed E-state index contributed by atoms with van der Waals surface area (Å²) < 4.78 is 0. The zero-order valence-electron chi connectivity index (χ0n) is 10.1. The number of azo groups is 1. The Bertz CT molecular complexity index is 658. The molecular weight excluding hydrogens is 254 g/mol. The number of hydrogen-bond donors (Lipinski definition) is 0. The van der Waals surface area contributed by atoms with Crippen molar-refractivity contribution in [2.24, 2.45) is 10.2 Å². The van der Waals surface area contributed by atoms with Gasteiger partial charge in [0.15, 0.2) is 0 Å². The van der Waals surface area contributed by atoms with Crippen LogP contribution in [0.25, 0.3) is 10.6 Å². The Hall–Kier alpha value is -2.33. The van der Waals surface area contributed by atoms with Crippen LogP contribution in [0.1, 0.15) is 0 Å². The van der Waals surface area contributed by atoms with Crippen molar-refractivity contribution >= 4 is 22.7 Å². The van der Waals surface area contributed by atoms with E-state index in [1.165, 1.54) is 0 Å². The van der Waals surface area contributed by atoms with Crippen LogP contribution in [0, 0.1) is 0 Å². The lowest BCUT2D eigenvalue weighted by molar-refractivity contribution is 1.23. The molecule has 3 rings (SSSR count). The lowest BCUT2D eigenvalue weighted by Gasteiger charge is -1.96. The zero-order valence-corrected chi connectivity index (χ0v) is 10.9. The molecule has 0 atom stereocenters. The first-order valence-electron chi connectivity index (χ1n) is 5.88. The van der Waals surface area contributed by atoms with Crippen LogP contribution < -0.4 is 0 Å². The van der Waals surface area contributed by atoms with Gasteiger partial charge in [0.25, 0.3) is 0 Å². The molecule has 0 saturated carbocycles. The van der Waals surface area contributed by atoms with Gasteiger partial charge in [-0.05, 0) is 36.4 Å². The molecule has 0 N–H and O–H groups in total. The number of benzene rings is 2. The molecule has 4 heteroatoms. The van der Waals surface area contributed by atoms with Crippen molar-refractivity contribution in [1.29, 1.82) is 0 Å². The Morgan fingerprint density at radius 3 is 2.11 bits per heavy atom. The van der Waals surface area contributed by atoms with Gasteiger partial charge in [0, 0.05) is 17.1 Å². The maximum Gasteiger partial charge on any atom is 0.123 e. The third-order valence-corrected chi connectivity index (χ3v) is 3.41. The molecule has 2 aromatic carbocycles. The number of hydrogen-bond acceptors (Lipinski definition) is 4. The van der Waals surface area contributed by atoms with E-state index in [4.69, 9.17) is 0 Å². The second-order valence-corrected chi connectivity index (χ2v) is 4.81. The zero-order chi connectivity index (χ0) is 12.9. The lowest BCUT2D eigenvalue weighted by Crippen LogP contribution is -1.73. The summed E-state index contributed by atoms with van der Waals surface area (Å²) in [6, 6.07) is 17.6. The molecule has 19 heavy (non-hydrogen) atoms. The van der Waals surface area contributed by atoms with Crippen LogP contribution in [-0.4, -0.2) is 4.98 Å². The first kappa shape index (κ1) is 11.7. The van der Waals surface area contributed by atoms with Gasteiger partial charge in [-0.1, -0.05) is 18.2 Å². The average molecular weight is 265 g/mol. The monoisotopic (exact) mass is 265 g/mol. The van der Waals surface area contributed by atoms with E-state index in [0.717, 1.165) is 21.9 Å². The first-order chi connectivity index (χ1) is 9.42. The fourth-order valence-electron chi connectivity index (χ4n) is 1.65. The minimum absolute atomic E-state index is 0.837. The van der Waals surface area contributed by atoms with Crippen LogP contribution in [-0.2, 0) is 0 Å². The first-order valence-corrected chi connectivity index (χ1v) is 6.76. The van der Waals surface area contributed by atoms with Crippen molar-refractivity contribution in [3.05, 3.63) is 66.2 Å². The SMILES string of the molecule is c1ccc(N=Nc2ccc(-c3nccs3)cc2)cc1. The van der Waals surface area contributed by atoms with Gasteiger partial charge in [-0.2, -0.15) is 10.2 Å². The van der Waals surface area contributed by atoms with Crippen molar-refractivity contribution in [3.63, 3.8) is 0 Å². The number of thiazole rings is 1. The van der Waals surface area contributed by atoms with E-state index < -0.39 is 0 Å². The largest absolute Gasteiger partial charge is 0.245 e. The van der Waals surface area contributed by atoms with E-state index in [1.807, 2.05) is 66.2 Å². The second kappa shape index (κ2) is 5.54. The highest BCUT2D eigenvalue weighted by molar-refractivity contribution is 7.13. The van der Waals surface area contributed by atoms with Gasteiger partial charge in [-0.15, -0.1) is 11.3 Å². The smallest absolute Gasteiger partial charge is 0.123 e. The van der Waals surface area contributed by atoms with Crippen LogP contribution in [0.15, 0.2) is 76.4 Å². The average Bonchev–Trinajstić information content (AvgIpc) is 3.01. The molecule has 1 aromatic heterocycles. The molecule has 0 bridgehead atoms. The van der Waals surface area contributed by atoms with Gasteiger partial charge in [0.1, 0.15) is 5.01 Å². The highest BCUT2D eigenvalue weighted by Gasteiger charge is 1.99. The van der Waals surface area contributed by atoms with Crippen molar-refractivity contribution in [3.8, 4) is 10.6 Å². The van der Waals surface area contributed by atoms with E-state index in [2.05, 4.69) is 15.2 Å². The topological polar surface area (TPSA) is 37.6 Å². The van der Waals surface area contributed by atoms with E-state index >= 15 is 0 Å². The van der Waals surface area contributed by atoms with E-state index in [1.54, 1.807) is 11.3 Å². The van der Waals surface area contributed by atoms with Crippen molar-refractivity contribution < 1.29 is 0 Å². The van der Waals surface area contributed by atoms with E-state index in [-0.39, 0.29) is 0 Å². The van der Waals surface area contributed by atoms with Gasteiger partial charge in [-0.3, -0.25) is 0 Å². The minimum Gasteiger partial charge on any atom is -0.245 e. The molecule has 92 valence electrons. The van der Waals surface area contributed by atoms with Crippen LogP contribution in [0.2, 0.25) is 0 Å². The van der Waals surface area contributed by atoms with E-state index in [0.29, 0.717) is 0 Å². The summed E-state index contributed by atoms with van der Waals surface area (Å²) in [5, 5.41) is 11.4. The molecule has 0 radical (unpaired) electrons. The molecule has 1 heterocycles. The molecule has 0 amide bonds. The Morgan fingerprint density at radius 1 is 0.789 bits per heavy atom. The summed E-state index contributed by atoms with van der Waals surface area (Å²) in [6.07, 6.45) is 1.81. The third kappa shape index (κ3) is 2.92. The molecule has 3 aromatic rings. The predicted molar refractivity (Wildman–Crippen MR) is 78.2 cm³/mol. The molecule has 3 nitrogen and oxygen atoms in total. The van der Waals surface area contributed by atoms with Crippen LogP contribution in [0.5, 0.6) is 0 Å². The maximum atomic E-state index is 4.27. The molecule has 0 aliphatic carbocycles. The van der Waals surface area contributed by atoms with Gasteiger partial charge in [-0.25, -0.2) is 4.98 Å². The Kier molecular flexibility index (Phi) is 3.42. The summed E-state index contributed by atoms with van der Waals surface area (Å²) in [7, 11) is 0. The number of nitrogens with zero attached hydrogens (tertiary/aromatic N) is 3. The summed E-state index contributed by atoms with van der Waals surface area (Å²) in [5.74, 6) is 0. The van der Waals surface area contributed by atoms with Gasteiger partial charge < -0.3 is 0 Å². The summed E-state index contributed by atoms with van der Waals surface area (Å²) >= 11 is 1.63. The quantitative estimate of drug-likeness (QED) is 0.598. The van der Waals surface area contributed by atoms with Crippen LogP contribution in [0.3, 0.4) is 0 Å². The van der Waals surface area contributed by atoms with Crippen LogP contribution in [0.4, 0.5) is 11.4 Å². The summed E-state index contributed by atoms with van der Waals surface area (Å²) in [6.45, 7) is 0. The van der Waals surface area contributed by atoms with Crippen molar-refractivity contribution in [2.45, 2.75) is 0 Å². The highest BCUT2D eigenvalue weighted by Crippen LogP contribution is 2.25. The fourth-order valence-corrected chi connectivity index (χ4v) is 2.29. The van der Waals surface area contributed by atoms with Gasteiger partial charge >= 0.3 is 0 Å². The van der Waals surface area contributed by atoms with Crippen LogP contribution >= 0.6 is 11.3 Å². The summed E-state index contributed by atoms with van der Waals surface area (Å²) in [5.41, 5.74) is 2.80. The second-order valence-electron chi connectivity index (χ2n) is 3.92. The summed E-state index contributed by atoms with van der Waals surface area (Å²) in [4.78, 5) is 4.27. The molecule has 0 spiro atoms. The molecule has 0 saturated heterocycles. The predicted octanol–water partition coefficient (Wildman–Crippen LogP) is 5.23. The van der Waals surface area contributed by atoms with Crippen molar-refractivity contribution in [2.75, 3.05) is 0 Å². The molecule has 0 unspecified atom stereocenters. The number of rotatable bonds is 3. The van der Waals surface area contributed by atoms with Gasteiger partial charge in [0.05, 0.1) is 11.4 Å². The molecule has 0 aliphatic rings.